The Kier molecular flexibility index (Phi) is 6.53. The van der Waals surface area contributed by atoms with E-state index >= 15 is 0 Å². The summed E-state index contributed by atoms with van der Waals surface area (Å²) >= 11 is 0. The van der Waals surface area contributed by atoms with E-state index in [0.29, 0.717) is 44.1 Å². The summed E-state index contributed by atoms with van der Waals surface area (Å²) in [5, 5.41) is 3.06. The molecule has 0 saturated carbocycles. The maximum Gasteiger partial charge on any atom is 0.322 e. The van der Waals surface area contributed by atoms with E-state index in [0.717, 1.165) is 22.3 Å². The molecule has 0 bridgehead atoms. The predicted octanol–water partition coefficient (Wildman–Crippen LogP) is 3.09. The minimum absolute atomic E-state index is 0.122. The van der Waals surface area contributed by atoms with Crippen molar-refractivity contribution in [2.24, 2.45) is 0 Å². The number of rotatable bonds is 5. The summed E-state index contributed by atoms with van der Waals surface area (Å²) in [5.74, 6) is -0.341. The molecule has 2 aromatic carbocycles. The second-order valence-electron chi connectivity index (χ2n) is 9.53. The molecule has 3 aliphatic heterocycles. The zero-order valence-corrected chi connectivity index (χ0v) is 21.0. The third-order valence-corrected chi connectivity index (χ3v) is 7.29. The van der Waals surface area contributed by atoms with Crippen LogP contribution in [-0.2, 0) is 14.3 Å². The van der Waals surface area contributed by atoms with Crippen molar-refractivity contribution in [3.8, 4) is 0 Å². The minimum atomic E-state index is -0.782. The topological polar surface area (TPSA) is 82.2 Å². The van der Waals surface area contributed by atoms with Crippen LogP contribution >= 0.6 is 0 Å². The highest BCUT2D eigenvalue weighted by atomic mass is 16.5. The molecule has 2 atom stereocenters. The lowest BCUT2D eigenvalue weighted by Crippen LogP contribution is -2.48. The first-order valence-corrected chi connectivity index (χ1v) is 12.5. The van der Waals surface area contributed by atoms with E-state index in [2.05, 4.69) is 11.4 Å². The first-order valence-electron chi connectivity index (χ1n) is 12.5. The van der Waals surface area contributed by atoms with Crippen molar-refractivity contribution in [1.82, 2.24) is 20.0 Å². The summed E-state index contributed by atoms with van der Waals surface area (Å²) in [6, 6.07) is 13.9. The molecule has 0 radical (unpaired) electrons. The van der Waals surface area contributed by atoms with Crippen molar-refractivity contribution in [2.45, 2.75) is 32.9 Å². The van der Waals surface area contributed by atoms with Crippen molar-refractivity contribution in [3.05, 3.63) is 82.1 Å². The Labute approximate surface area is 211 Å². The highest BCUT2D eigenvalue weighted by molar-refractivity contribution is 6.04. The fourth-order valence-corrected chi connectivity index (χ4v) is 5.49. The maximum atomic E-state index is 14.2. The van der Waals surface area contributed by atoms with Gasteiger partial charge in [0.1, 0.15) is 6.04 Å². The van der Waals surface area contributed by atoms with E-state index in [1.807, 2.05) is 63.2 Å². The highest BCUT2D eigenvalue weighted by Crippen LogP contribution is 2.40. The zero-order valence-electron chi connectivity index (χ0n) is 21.0. The number of carbonyl (C=O) groups is 3. The number of amides is 4. The first kappa shape index (κ1) is 24.1. The van der Waals surface area contributed by atoms with Gasteiger partial charge < -0.3 is 19.9 Å². The van der Waals surface area contributed by atoms with Gasteiger partial charge in [0.05, 0.1) is 37.1 Å². The van der Waals surface area contributed by atoms with E-state index in [4.69, 9.17) is 4.74 Å². The van der Waals surface area contributed by atoms with Gasteiger partial charge in [-0.15, -0.1) is 0 Å². The Morgan fingerprint density at radius 2 is 1.81 bits per heavy atom. The molecule has 5 rings (SSSR count). The van der Waals surface area contributed by atoms with Crippen LogP contribution in [0.5, 0.6) is 0 Å². The lowest BCUT2D eigenvalue weighted by atomic mass is 9.91. The van der Waals surface area contributed by atoms with E-state index in [9.17, 15) is 14.4 Å². The standard InChI is InChI=1S/C28H32N4O4/c1-4-31-22-17-32(25(20-8-6-5-7-9-20)27(34)30-12-14-36-15-13-30)26(33)23(22)24(29-28(31)35)21-11-10-18(2)16-19(21)3/h5-11,16,24-25H,4,12-15,17H2,1-3H3,(H,29,35)/t24-,25+/m0/s1. The normalized spacial score (nSPS) is 21.0. The maximum absolute atomic E-state index is 14.2. The third kappa shape index (κ3) is 4.15. The molecular weight excluding hydrogens is 456 g/mol. The van der Waals surface area contributed by atoms with E-state index < -0.39 is 12.1 Å². The van der Waals surface area contributed by atoms with Crippen LogP contribution in [0, 0.1) is 13.8 Å². The van der Waals surface area contributed by atoms with Gasteiger partial charge in [-0.1, -0.05) is 54.1 Å². The third-order valence-electron chi connectivity index (χ3n) is 7.29. The predicted molar refractivity (Wildman–Crippen MR) is 135 cm³/mol. The van der Waals surface area contributed by atoms with Crippen LogP contribution < -0.4 is 5.32 Å². The van der Waals surface area contributed by atoms with Crippen molar-refractivity contribution in [1.29, 1.82) is 0 Å². The molecule has 0 aromatic heterocycles. The molecule has 2 aromatic rings. The van der Waals surface area contributed by atoms with Gasteiger partial charge >= 0.3 is 6.03 Å². The second kappa shape index (κ2) is 9.78. The van der Waals surface area contributed by atoms with Crippen LogP contribution in [0.15, 0.2) is 59.8 Å². The van der Waals surface area contributed by atoms with E-state index in [1.54, 1.807) is 14.7 Å². The van der Waals surface area contributed by atoms with Crippen LogP contribution in [0.3, 0.4) is 0 Å². The number of urea groups is 1. The Hall–Kier alpha value is -3.65. The Balaban J connectivity index is 1.57. The quantitative estimate of drug-likeness (QED) is 0.701. The number of aryl methyl sites for hydroxylation is 2. The van der Waals surface area contributed by atoms with Gasteiger partial charge in [0.25, 0.3) is 5.91 Å². The smallest absolute Gasteiger partial charge is 0.322 e. The molecule has 3 aliphatic rings. The van der Waals surface area contributed by atoms with Crippen LogP contribution in [0.4, 0.5) is 4.79 Å². The molecule has 1 fully saturated rings. The molecule has 36 heavy (non-hydrogen) atoms. The summed E-state index contributed by atoms with van der Waals surface area (Å²) in [7, 11) is 0. The number of benzene rings is 2. The highest BCUT2D eigenvalue weighted by Gasteiger charge is 2.48. The average molecular weight is 489 g/mol. The second-order valence-corrected chi connectivity index (χ2v) is 9.53. The van der Waals surface area contributed by atoms with Crippen LogP contribution in [-0.4, -0.2) is 71.9 Å². The molecule has 0 unspecified atom stereocenters. The summed E-state index contributed by atoms with van der Waals surface area (Å²) in [5.41, 5.74) is 4.98. The van der Waals surface area contributed by atoms with Crippen molar-refractivity contribution < 1.29 is 19.1 Å². The lowest BCUT2D eigenvalue weighted by molar-refractivity contribution is -0.146. The van der Waals surface area contributed by atoms with E-state index in [-0.39, 0.29) is 24.4 Å². The monoisotopic (exact) mass is 488 g/mol. The first-order chi connectivity index (χ1) is 17.4. The van der Waals surface area contributed by atoms with Gasteiger partial charge in [0, 0.05) is 19.6 Å². The molecule has 1 N–H and O–H groups in total. The number of hydrogen-bond donors (Lipinski definition) is 1. The van der Waals surface area contributed by atoms with Gasteiger partial charge in [-0.25, -0.2) is 4.79 Å². The SMILES string of the molecule is CCN1C(=O)N[C@@H](c2ccc(C)cc2C)C2=C1CN([C@@H](C(=O)N1CCOCC1)c1ccccc1)C2=O. The number of ether oxygens (including phenoxy) is 1. The Morgan fingerprint density at radius 3 is 2.47 bits per heavy atom. The fourth-order valence-electron chi connectivity index (χ4n) is 5.49. The van der Waals surface area contributed by atoms with Gasteiger partial charge in [-0.05, 0) is 37.5 Å². The molecule has 8 nitrogen and oxygen atoms in total. The summed E-state index contributed by atoms with van der Waals surface area (Å²) in [6.45, 7) is 8.47. The van der Waals surface area contributed by atoms with Gasteiger partial charge in [0.2, 0.25) is 5.91 Å². The summed E-state index contributed by atoms with van der Waals surface area (Å²) in [4.78, 5) is 46.2. The van der Waals surface area contributed by atoms with E-state index in [1.165, 1.54) is 0 Å². The molecule has 1 saturated heterocycles. The molecule has 188 valence electrons. The lowest BCUT2D eigenvalue weighted by Gasteiger charge is -2.35. The zero-order chi connectivity index (χ0) is 25.4. The van der Waals surface area contributed by atoms with Crippen molar-refractivity contribution in [3.63, 3.8) is 0 Å². The number of nitrogens with zero attached hydrogens (tertiary/aromatic N) is 3. The van der Waals surface area contributed by atoms with Crippen LogP contribution in [0.25, 0.3) is 0 Å². The number of likely N-dealkylation sites (N-methyl/N-ethyl adjacent to an activating group) is 1. The number of carbonyl (C=O) groups excluding carboxylic acids is 3. The number of morpholine rings is 1. The molecule has 8 heteroatoms. The van der Waals surface area contributed by atoms with Crippen molar-refractivity contribution in [2.75, 3.05) is 39.4 Å². The Morgan fingerprint density at radius 1 is 1.08 bits per heavy atom. The van der Waals surface area contributed by atoms with Crippen LogP contribution in [0.1, 0.15) is 41.3 Å². The van der Waals surface area contributed by atoms with Crippen LogP contribution in [0.2, 0.25) is 0 Å². The van der Waals surface area contributed by atoms with Gasteiger partial charge in [0.15, 0.2) is 0 Å². The number of nitrogens with one attached hydrogen (secondary N) is 1. The Bertz CT molecular complexity index is 1220. The average Bonchev–Trinajstić information content (AvgIpc) is 3.21. The van der Waals surface area contributed by atoms with Gasteiger partial charge in [-0.2, -0.15) is 0 Å². The number of hydrogen-bond acceptors (Lipinski definition) is 4. The molecule has 3 heterocycles. The van der Waals surface area contributed by atoms with Crippen molar-refractivity contribution >= 4 is 17.8 Å². The summed E-state index contributed by atoms with van der Waals surface area (Å²) < 4.78 is 5.45. The largest absolute Gasteiger partial charge is 0.378 e. The molecular formula is C28H32N4O4. The van der Waals surface area contributed by atoms with Gasteiger partial charge in [-0.3, -0.25) is 14.5 Å². The molecule has 0 spiro atoms. The summed E-state index contributed by atoms with van der Waals surface area (Å²) in [6.07, 6.45) is 0. The molecule has 0 aliphatic carbocycles. The fraction of sp³-hybridized carbons (Fsp3) is 0.393. The minimum Gasteiger partial charge on any atom is -0.378 e. The molecule has 4 amide bonds.